The Kier molecular flexibility index (Phi) is 11.0. The summed E-state index contributed by atoms with van der Waals surface area (Å²) in [6, 6.07) is 24.6. The van der Waals surface area contributed by atoms with Crippen LogP contribution in [0.2, 0.25) is 0 Å². The van der Waals surface area contributed by atoms with Gasteiger partial charge in [-0.2, -0.15) is 0 Å². The fraction of sp³-hybridized carbons (Fsp3) is 0.512. The highest BCUT2D eigenvalue weighted by Crippen LogP contribution is 2.53. The van der Waals surface area contributed by atoms with E-state index in [1.54, 1.807) is 6.92 Å². The quantitative estimate of drug-likeness (QED) is 0.189. The zero-order valence-corrected chi connectivity index (χ0v) is 30.1. The van der Waals surface area contributed by atoms with Gasteiger partial charge < -0.3 is 30.0 Å². The minimum absolute atomic E-state index is 0.0133. The topological polar surface area (TPSA) is 109 Å². The molecule has 3 aromatic carbocycles. The summed E-state index contributed by atoms with van der Waals surface area (Å²) in [5, 5.41) is 15.0. The molecule has 6 atom stereocenters. The van der Waals surface area contributed by atoms with Gasteiger partial charge in [-0.1, -0.05) is 94.4 Å². The second-order valence-corrected chi connectivity index (χ2v) is 15.6. The minimum atomic E-state index is -0.523. The van der Waals surface area contributed by atoms with Gasteiger partial charge in [0.2, 0.25) is 0 Å². The summed E-state index contributed by atoms with van der Waals surface area (Å²) in [7, 11) is 0. The highest BCUT2D eigenvalue weighted by molar-refractivity contribution is 5.80. The van der Waals surface area contributed by atoms with Gasteiger partial charge in [-0.25, -0.2) is 4.79 Å². The van der Waals surface area contributed by atoms with Crippen LogP contribution in [-0.2, 0) is 32.2 Å². The molecule has 3 N–H and O–H groups in total. The van der Waals surface area contributed by atoms with E-state index in [0.29, 0.717) is 23.4 Å². The van der Waals surface area contributed by atoms with E-state index >= 15 is 0 Å². The molecule has 2 bridgehead atoms. The maximum atomic E-state index is 12.2. The Morgan fingerprint density at radius 3 is 2.38 bits per heavy atom. The number of fused-ring (bicyclic) bond motifs is 2. The SMILES string of the molecule is CCOC(=O)CNC(=O)NCc1cccc(-c2ccc([C@@H]3O[C@H](CN4CC5(C)CC4CC(C)(C)C5)[C@H](C)[C@H](c4ccc(CO)cc4)O3)cc2)c1. The van der Waals surface area contributed by atoms with E-state index in [0.717, 1.165) is 46.5 Å². The lowest BCUT2D eigenvalue weighted by Gasteiger charge is -2.43. The molecule has 1 saturated carbocycles. The molecule has 2 aliphatic heterocycles. The summed E-state index contributed by atoms with van der Waals surface area (Å²) in [6.45, 7) is 13.7. The number of nitrogens with zero attached hydrogens (tertiary/aromatic N) is 1. The fourth-order valence-electron chi connectivity index (χ4n) is 8.65. The van der Waals surface area contributed by atoms with Crippen molar-refractivity contribution in [1.29, 1.82) is 0 Å². The first-order chi connectivity index (χ1) is 23.9. The number of hydrogen-bond donors (Lipinski definition) is 3. The van der Waals surface area contributed by atoms with Crippen molar-refractivity contribution in [3.8, 4) is 11.1 Å². The number of carbonyl (C=O) groups is 2. The van der Waals surface area contributed by atoms with Crippen LogP contribution >= 0.6 is 0 Å². The van der Waals surface area contributed by atoms with Crippen LogP contribution in [0.5, 0.6) is 0 Å². The fourth-order valence-corrected chi connectivity index (χ4v) is 8.65. The number of carbonyl (C=O) groups excluding carboxylic acids is 2. The Hall–Kier alpha value is -3.76. The molecule has 1 aliphatic carbocycles. The van der Waals surface area contributed by atoms with E-state index < -0.39 is 18.3 Å². The maximum absolute atomic E-state index is 12.2. The number of rotatable bonds is 11. The molecule has 2 unspecified atom stereocenters. The molecule has 2 amide bonds. The van der Waals surface area contributed by atoms with Gasteiger partial charge in [-0.15, -0.1) is 0 Å². The van der Waals surface area contributed by atoms with Crippen LogP contribution < -0.4 is 10.6 Å². The van der Waals surface area contributed by atoms with Crippen LogP contribution in [-0.4, -0.2) is 60.4 Å². The van der Waals surface area contributed by atoms with Crippen molar-refractivity contribution in [3.05, 3.63) is 95.1 Å². The van der Waals surface area contributed by atoms with Gasteiger partial charge in [0.15, 0.2) is 6.29 Å². The van der Waals surface area contributed by atoms with Crippen LogP contribution in [0.15, 0.2) is 72.8 Å². The third-order valence-electron chi connectivity index (χ3n) is 10.7. The molecule has 0 radical (unpaired) electrons. The Labute approximate surface area is 296 Å². The van der Waals surface area contributed by atoms with Gasteiger partial charge in [0, 0.05) is 37.2 Å². The summed E-state index contributed by atoms with van der Waals surface area (Å²) in [5.41, 5.74) is 6.65. The number of ether oxygens (including phenoxy) is 3. The number of esters is 1. The van der Waals surface area contributed by atoms with Crippen LogP contribution in [0.4, 0.5) is 4.79 Å². The highest BCUT2D eigenvalue weighted by Gasteiger charge is 2.51. The second-order valence-electron chi connectivity index (χ2n) is 15.6. The predicted octanol–water partition coefficient (Wildman–Crippen LogP) is 6.90. The van der Waals surface area contributed by atoms with Crippen molar-refractivity contribution in [2.75, 3.05) is 26.2 Å². The lowest BCUT2D eigenvalue weighted by Crippen LogP contribution is -2.46. The van der Waals surface area contributed by atoms with E-state index in [4.69, 9.17) is 14.2 Å². The van der Waals surface area contributed by atoms with Crippen LogP contribution in [0.3, 0.4) is 0 Å². The summed E-state index contributed by atoms with van der Waals surface area (Å²) in [5.74, 6) is -0.336. The molecular weight excluding hydrogens is 630 g/mol. The molecule has 6 rings (SSSR count). The molecule has 9 nitrogen and oxygen atoms in total. The molecule has 2 saturated heterocycles. The largest absolute Gasteiger partial charge is 0.465 e. The van der Waals surface area contributed by atoms with Crippen molar-refractivity contribution in [3.63, 3.8) is 0 Å². The van der Waals surface area contributed by atoms with Crippen molar-refractivity contribution in [1.82, 2.24) is 15.5 Å². The van der Waals surface area contributed by atoms with Gasteiger partial charge in [-0.05, 0) is 70.9 Å². The number of benzene rings is 3. The van der Waals surface area contributed by atoms with Crippen LogP contribution in [0, 0.1) is 16.7 Å². The summed E-state index contributed by atoms with van der Waals surface area (Å²) in [6.07, 6.45) is 3.05. The molecule has 3 aliphatic rings. The number of amides is 2. The monoisotopic (exact) mass is 683 g/mol. The first-order valence-corrected chi connectivity index (χ1v) is 18.1. The summed E-state index contributed by atoms with van der Waals surface area (Å²) in [4.78, 5) is 26.4. The molecule has 9 heteroatoms. The van der Waals surface area contributed by atoms with E-state index in [9.17, 15) is 14.7 Å². The number of aliphatic hydroxyl groups is 1. The van der Waals surface area contributed by atoms with E-state index in [-0.39, 0.29) is 37.9 Å². The first kappa shape index (κ1) is 36.0. The molecule has 0 spiro atoms. The Morgan fingerprint density at radius 1 is 0.920 bits per heavy atom. The van der Waals surface area contributed by atoms with Gasteiger partial charge in [0.1, 0.15) is 6.54 Å². The molecule has 3 aromatic rings. The van der Waals surface area contributed by atoms with Gasteiger partial charge in [0.25, 0.3) is 0 Å². The lowest BCUT2D eigenvalue weighted by molar-refractivity contribution is -0.276. The average molecular weight is 684 g/mol. The predicted molar refractivity (Wildman–Crippen MR) is 193 cm³/mol. The lowest BCUT2D eigenvalue weighted by atomic mass is 9.65. The molecular formula is C41H53N3O6. The van der Waals surface area contributed by atoms with E-state index in [1.807, 2.05) is 36.4 Å². The van der Waals surface area contributed by atoms with E-state index in [2.05, 4.69) is 79.6 Å². The molecule has 3 fully saturated rings. The third-order valence-corrected chi connectivity index (χ3v) is 10.7. The minimum Gasteiger partial charge on any atom is -0.465 e. The van der Waals surface area contributed by atoms with Gasteiger partial charge in [0.05, 0.1) is 25.4 Å². The zero-order valence-electron chi connectivity index (χ0n) is 30.1. The van der Waals surface area contributed by atoms with Gasteiger partial charge in [-0.3, -0.25) is 9.69 Å². The smallest absolute Gasteiger partial charge is 0.325 e. The zero-order chi connectivity index (χ0) is 35.5. The number of urea groups is 1. The normalized spacial score (nSPS) is 27.4. The van der Waals surface area contributed by atoms with Crippen molar-refractivity contribution >= 4 is 12.0 Å². The first-order valence-electron chi connectivity index (χ1n) is 18.1. The average Bonchev–Trinajstić information content (AvgIpc) is 3.34. The number of nitrogens with one attached hydrogen (secondary N) is 2. The maximum Gasteiger partial charge on any atom is 0.325 e. The number of hydrogen-bond acceptors (Lipinski definition) is 7. The third kappa shape index (κ3) is 8.57. The molecule has 50 heavy (non-hydrogen) atoms. The molecule has 268 valence electrons. The molecule has 2 heterocycles. The van der Waals surface area contributed by atoms with E-state index in [1.165, 1.54) is 19.3 Å². The Bertz CT molecular complexity index is 1630. The Balaban J connectivity index is 1.16. The van der Waals surface area contributed by atoms with Crippen molar-refractivity contribution in [2.24, 2.45) is 16.7 Å². The van der Waals surface area contributed by atoms with Crippen molar-refractivity contribution < 1.29 is 28.9 Å². The number of aliphatic hydroxyl groups excluding tert-OH is 1. The number of likely N-dealkylation sites (tertiary alicyclic amines) is 1. The van der Waals surface area contributed by atoms with Crippen LogP contribution in [0.25, 0.3) is 11.1 Å². The van der Waals surface area contributed by atoms with Crippen LogP contribution in [0.1, 0.15) is 88.5 Å². The Morgan fingerprint density at radius 2 is 1.66 bits per heavy atom. The summed E-state index contributed by atoms with van der Waals surface area (Å²) >= 11 is 0. The standard InChI is InChI=1S/C41H53N3O6/c1-6-48-36(46)22-43-39(47)42-21-29-8-7-9-33(18-29)30-14-16-32(17-15-30)38-49-35(23-44-26-41(5)20-34(44)19-40(3,4)25-41)27(2)37(50-38)31-12-10-28(24-45)11-13-31/h7-18,27,34-35,37-38,45H,6,19-26H2,1-5H3,(H2,42,43,47)/t27-,34?,35+,37+,38+,41?/m0/s1. The van der Waals surface area contributed by atoms with Crippen molar-refractivity contribution in [2.45, 2.75) is 91.6 Å². The highest BCUT2D eigenvalue weighted by atomic mass is 16.7. The second kappa shape index (κ2) is 15.2. The van der Waals surface area contributed by atoms with Gasteiger partial charge >= 0.3 is 12.0 Å². The summed E-state index contributed by atoms with van der Waals surface area (Å²) < 4.78 is 18.5. The molecule has 0 aromatic heterocycles.